The number of benzene rings is 2. The number of carbonyl (C=O) groups excluding carboxylic acids is 1. The molecule has 0 spiro atoms. The summed E-state index contributed by atoms with van der Waals surface area (Å²) in [5.74, 6) is 0.497. The predicted octanol–water partition coefficient (Wildman–Crippen LogP) is 2.88. The molecule has 0 bridgehead atoms. The first kappa shape index (κ1) is 21.0. The van der Waals surface area contributed by atoms with Gasteiger partial charge in [0.15, 0.2) is 0 Å². The van der Waals surface area contributed by atoms with Crippen molar-refractivity contribution in [2.45, 2.75) is 11.8 Å². The van der Waals surface area contributed by atoms with Crippen molar-refractivity contribution in [1.82, 2.24) is 9.29 Å². The van der Waals surface area contributed by atoms with E-state index in [9.17, 15) is 13.2 Å². The standard InChI is InChI=1S/C19H21N3O5S2/c1-12-20-16-8-6-14(10-18(16)28-12)29(24,25)22(2)11-19(23)21-15-7-5-13(26-3)9-17(15)27-4/h5-10H,11H2,1-4H3,(H,21,23). The Bertz CT molecular complexity index is 1160. The topological polar surface area (TPSA) is 97.8 Å². The number of thiazole rings is 1. The smallest absolute Gasteiger partial charge is 0.243 e. The minimum atomic E-state index is -3.83. The highest BCUT2D eigenvalue weighted by molar-refractivity contribution is 7.89. The van der Waals surface area contributed by atoms with Crippen molar-refractivity contribution in [3.8, 4) is 11.5 Å². The van der Waals surface area contributed by atoms with Gasteiger partial charge in [0.1, 0.15) is 11.5 Å². The average molecular weight is 436 g/mol. The normalized spacial score (nSPS) is 11.6. The van der Waals surface area contributed by atoms with Crippen LogP contribution >= 0.6 is 11.3 Å². The van der Waals surface area contributed by atoms with E-state index in [0.29, 0.717) is 17.2 Å². The maximum absolute atomic E-state index is 12.9. The molecule has 0 aliphatic heterocycles. The number of amides is 1. The van der Waals surface area contributed by atoms with Crippen LogP contribution in [0.1, 0.15) is 5.01 Å². The van der Waals surface area contributed by atoms with E-state index in [1.165, 1.54) is 38.7 Å². The van der Waals surface area contributed by atoms with Crippen molar-refractivity contribution in [3.05, 3.63) is 41.4 Å². The van der Waals surface area contributed by atoms with Gasteiger partial charge in [-0.1, -0.05) is 0 Å². The molecule has 8 nitrogen and oxygen atoms in total. The van der Waals surface area contributed by atoms with Gasteiger partial charge >= 0.3 is 0 Å². The van der Waals surface area contributed by atoms with Gasteiger partial charge in [-0.25, -0.2) is 13.4 Å². The summed E-state index contributed by atoms with van der Waals surface area (Å²) in [6, 6.07) is 9.67. The Balaban J connectivity index is 1.75. The number of nitrogens with zero attached hydrogens (tertiary/aromatic N) is 2. The van der Waals surface area contributed by atoms with Gasteiger partial charge in [0, 0.05) is 13.1 Å². The van der Waals surface area contributed by atoms with Gasteiger partial charge in [0.25, 0.3) is 0 Å². The van der Waals surface area contributed by atoms with Crippen LogP contribution in [0.5, 0.6) is 11.5 Å². The van der Waals surface area contributed by atoms with E-state index in [4.69, 9.17) is 9.47 Å². The van der Waals surface area contributed by atoms with Crippen LogP contribution in [-0.2, 0) is 14.8 Å². The highest BCUT2D eigenvalue weighted by Gasteiger charge is 2.24. The zero-order chi connectivity index (χ0) is 21.2. The molecule has 1 N–H and O–H groups in total. The lowest BCUT2D eigenvalue weighted by molar-refractivity contribution is -0.116. The largest absolute Gasteiger partial charge is 0.497 e. The van der Waals surface area contributed by atoms with Crippen LogP contribution in [0.2, 0.25) is 0 Å². The van der Waals surface area contributed by atoms with Gasteiger partial charge in [-0.15, -0.1) is 11.3 Å². The van der Waals surface area contributed by atoms with Gasteiger partial charge in [-0.05, 0) is 37.3 Å². The Morgan fingerprint density at radius 3 is 2.62 bits per heavy atom. The quantitative estimate of drug-likeness (QED) is 0.613. The molecule has 0 radical (unpaired) electrons. The minimum Gasteiger partial charge on any atom is -0.497 e. The van der Waals surface area contributed by atoms with Crippen LogP contribution in [0.25, 0.3) is 10.2 Å². The maximum Gasteiger partial charge on any atom is 0.243 e. The molecule has 1 amide bonds. The van der Waals surface area contributed by atoms with E-state index in [1.807, 2.05) is 6.92 Å². The number of anilines is 1. The van der Waals surface area contributed by atoms with Crippen LogP contribution in [0.4, 0.5) is 5.69 Å². The van der Waals surface area contributed by atoms with E-state index < -0.39 is 15.9 Å². The molecule has 1 heterocycles. The van der Waals surface area contributed by atoms with E-state index in [0.717, 1.165) is 19.5 Å². The third-order valence-electron chi connectivity index (χ3n) is 4.22. The molecule has 2 aromatic carbocycles. The summed E-state index contributed by atoms with van der Waals surface area (Å²) in [6.07, 6.45) is 0. The second-order valence-electron chi connectivity index (χ2n) is 6.24. The fourth-order valence-electron chi connectivity index (χ4n) is 2.74. The summed E-state index contributed by atoms with van der Waals surface area (Å²) in [5.41, 5.74) is 1.17. The average Bonchev–Trinajstić information content (AvgIpc) is 3.07. The van der Waals surface area contributed by atoms with Crippen LogP contribution in [-0.4, -0.2) is 51.4 Å². The van der Waals surface area contributed by atoms with Crippen molar-refractivity contribution in [3.63, 3.8) is 0 Å². The highest BCUT2D eigenvalue weighted by atomic mass is 32.2. The number of hydrogen-bond acceptors (Lipinski definition) is 7. The molecule has 0 saturated carbocycles. The summed E-state index contributed by atoms with van der Waals surface area (Å²) < 4.78 is 37.9. The Morgan fingerprint density at radius 1 is 1.17 bits per heavy atom. The number of aryl methyl sites for hydroxylation is 1. The molecule has 0 aliphatic rings. The molecular formula is C19H21N3O5S2. The van der Waals surface area contributed by atoms with E-state index in [-0.39, 0.29) is 11.4 Å². The van der Waals surface area contributed by atoms with Crippen molar-refractivity contribution in [1.29, 1.82) is 0 Å². The summed E-state index contributed by atoms with van der Waals surface area (Å²) >= 11 is 1.42. The first-order chi connectivity index (χ1) is 13.7. The lowest BCUT2D eigenvalue weighted by Crippen LogP contribution is -2.35. The van der Waals surface area contributed by atoms with Gasteiger partial charge in [0.2, 0.25) is 15.9 Å². The fourth-order valence-corrected chi connectivity index (χ4v) is 4.83. The zero-order valence-electron chi connectivity index (χ0n) is 16.4. The summed E-state index contributed by atoms with van der Waals surface area (Å²) in [5, 5.41) is 3.52. The molecule has 0 unspecified atom stereocenters. The van der Waals surface area contributed by atoms with Crippen molar-refractivity contribution >= 4 is 43.2 Å². The highest BCUT2D eigenvalue weighted by Crippen LogP contribution is 2.29. The molecule has 0 atom stereocenters. The fraction of sp³-hybridized carbons (Fsp3) is 0.263. The van der Waals surface area contributed by atoms with Crippen LogP contribution in [0.3, 0.4) is 0 Å². The van der Waals surface area contributed by atoms with Gasteiger partial charge in [0.05, 0.1) is 46.6 Å². The molecule has 0 aliphatic carbocycles. The number of likely N-dealkylation sites (N-methyl/N-ethyl adjacent to an activating group) is 1. The monoisotopic (exact) mass is 435 g/mol. The molecule has 29 heavy (non-hydrogen) atoms. The number of carbonyl (C=O) groups is 1. The number of hydrogen-bond donors (Lipinski definition) is 1. The molecule has 10 heteroatoms. The van der Waals surface area contributed by atoms with Gasteiger partial charge in [-0.3, -0.25) is 4.79 Å². The van der Waals surface area contributed by atoms with E-state index >= 15 is 0 Å². The predicted molar refractivity (Wildman–Crippen MR) is 112 cm³/mol. The second-order valence-corrected chi connectivity index (χ2v) is 9.52. The number of aromatic nitrogens is 1. The van der Waals surface area contributed by atoms with Gasteiger partial charge < -0.3 is 14.8 Å². The number of methoxy groups -OCH3 is 2. The lowest BCUT2D eigenvalue weighted by atomic mass is 10.2. The molecule has 0 saturated heterocycles. The summed E-state index contributed by atoms with van der Waals surface area (Å²) in [4.78, 5) is 16.9. The second kappa shape index (κ2) is 8.36. The Morgan fingerprint density at radius 2 is 1.93 bits per heavy atom. The third-order valence-corrected chi connectivity index (χ3v) is 6.96. The zero-order valence-corrected chi connectivity index (χ0v) is 18.1. The van der Waals surface area contributed by atoms with Crippen molar-refractivity contribution in [2.75, 3.05) is 33.1 Å². The molecular weight excluding hydrogens is 414 g/mol. The lowest BCUT2D eigenvalue weighted by Gasteiger charge is -2.18. The van der Waals surface area contributed by atoms with Crippen LogP contribution < -0.4 is 14.8 Å². The molecule has 154 valence electrons. The number of rotatable bonds is 7. The third kappa shape index (κ3) is 4.50. The van der Waals surface area contributed by atoms with Gasteiger partial charge in [-0.2, -0.15) is 4.31 Å². The maximum atomic E-state index is 12.9. The Kier molecular flexibility index (Phi) is 6.06. The molecule has 3 rings (SSSR count). The molecule has 3 aromatic rings. The van der Waals surface area contributed by atoms with Crippen molar-refractivity contribution in [2.24, 2.45) is 0 Å². The van der Waals surface area contributed by atoms with E-state index in [2.05, 4.69) is 10.3 Å². The minimum absolute atomic E-state index is 0.117. The van der Waals surface area contributed by atoms with E-state index in [1.54, 1.807) is 30.3 Å². The SMILES string of the molecule is COc1ccc(NC(=O)CN(C)S(=O)(=O)c2ccc3nc(C)sc3c2)c(OC)c1. The number of ether oxygens (including phenoxy) is 2. The van der Waals surface area contributed by atoms with Crippen LogP contribution in [0.15, 0.2) is 41.3 Å². The van der Waals surface area contributed by atoms with Crippen molar-refractivity contribution < 1.29 is 22.7 Å². The first-order valence-electron chi connectivity index (χ1n) is 8.60. The van der Waals surface area contributed by atoms with Crippen LogP contribution in [0, 0.1) is 6.92 Å². The Hall–Kier alpha value is -2.69. The Labute approximate surface area is 173 Å². The number of fused-ring (bicyclic) bond motifs is 1. The molecule has 1 aromatic heterocycles. The molecule has 0 fully saturated rings. The number of sulfonamides is 1. The number of nitrogens with one attached hydrogen (secondary N) is 1. The summed E-state index contributed by atoms with van der Waals surface area (Å²) in [7, 11) is 0.525. The summed E-state index contributed by atoms with van der Waals surface area (Å²) in [6.45, 7) is 1.51. The first-order valence-corrected chi connectivity index (χ1v) is 10.9.